The van der Waals surface area contributed by atoms with Crippen molar-refractivity contribution in [1.29, 1.82) is 5.26 Å². The van der Waals surface area contributed by atoms with Crippen molar-refractivity contribution in [2.45, 2.75) is 0 Å². The van der Waals surface area contributed by atoms with Crippen LogP contribution in [-0.2, 0) is 0 Å². The second kappa shape index (κ2) is 2.86. The number of hydrogen-bond donors (Lipinski definition) is 0. The van der Waals surface area contributed by atoms with Crippen LogP contribution >= 0.6 is 0 Å². The maximum Gasteiger partial charge on any atom is 0.136 e. The molecule has 15 heavy (non-hydrogen) atoms. The summed E-state index contributed by atoms with van der Waals surface area (Å²) in [4.78, 5) is 0. The molecule has 70 valence electrons. The summed E-state index contributed by atoms with van der Waals surface area (Å²) in [5.74, 6) is 0. The van der Waals surface area contributed by atoms with E-state index >= 15 is 0 Å². The van der Waals surface area contributed by atoms with Crippen LogP contribution in [0.2, 0.25) is 0 Å². The van der Waals surface area contributed by atoms with Gasteiger partial charge in [-0.1, -0.05) is 18.2 Å². The van der Waals surface area contributed by atoms with Gasteiger partial charge in [0.15, 0.2) is 0 Å². The summed E-state index contributed by atoms with van der Waals surface area (Å²) in [6.45, 7) is 0. The summed E-state index contributed by atoms with van der Waals surface area (Å²) in [6.07, 6.45) is 0. The highest BCUT2D eigenvalue weighted by atomic mass is 16.3. The van der Waals surface area contributed by atoms with Crippen molar-refractivity contribution in [3.63, 3.8) is 0 Å². The van der Waals surface area contributed by atoms with Gasteiger partial charge in [0.05, 0.1) is 11.6 Å². The molecule has 2 aromatic carbocycles. The van der Waals surface area contributed by atoms with E-state index in [-0.39, 0.29) is 0 Å². The number of furan rings is 1. The molecule has 0 aliphatic heterocycles. The Kier molecular flexibility index (Phi) is 1.54. The quantitative estimate of drug-likeness (QED) is 0.548. The van der Waals surface area contributed by atoms with Gasteiger partial charge in [0, 0.05) is 10.8 Å². The standard InChI is InChI=1S/C13H7NO/c14-8-9-5-6-11-10-3-1-2-4-12(10)15-13(11)7-9/h1-7H. The number of hydrogen-bond acceptors (Lipinski definition) is 2. The first-order chi connectivity index (χ1) is 7.38. The highest BCUT2D eigenvalue weighted by Gasteiger charge is 2.05. The molecular weight excluding hydrogens is 186 g/mol. The van der Waals surface area contributed by atoms with Crippen LogP contribution in [-0.4, -0.2) is 0 Å². The summed E-state index contributed by atoms with van der Waals surface area (Å²) in [5.41, 5.74) is 2.26. The number of benzene rings is 2. The van der Waals surface area contributed by atoms with E-state index in [2.05, 4.69) is 6.07 Å². The van der Waals surface area contributed by atoms with Gasteiger partial charge in [-0.05, 0) is 24.3 Å². The van der Waals surface area contributed by atoms with Gasteiger partial charge in [-0.3, -0.25) is 0 Å². The van der Waals surface area contributed by atoms with Gasteiger partial charge < -0.3 is 4.42 Å². The molecule has 0 spiro atoms. The van der Waals surface area contributed by atoms with Crippen molar-refractivity contribution in [3.05, 3.63) is 48.0 Å². The lowest BCUT2D eigenvalue weighted by molar-refractivity contribution is 0.669. The van der Waals surface area contributed by atoms with E-state index in [1.165, 1.54) is 0 Å². The first-order valence-electron chi connectivity index (χ1n) is 4.70. The van der Waals surface area contributed by atoms with Crippen LogP contribution in [0.1, 0.15) is 5.56 Å². The third-order valence-corrected chi connectivity index (χ3v) is 2.51. The molecule has 2 nitrogen and oxygen atoms in total. The van der Waals surface area contributed by atoms with Gasteiger partial charge in [0.25, 0.3) is 0 Å². The first kappa shape index (κ1) is 8.07. The summed E-state index contributed by atoms with van der Waals surface area (Å²) in [6, 6.07) is 15.5. The Hall–Kier alpha value is -2.27. The van der Waals surface area contributed by atoms with E-state index in [1.54, 1.807) is 6.07 Å². The van der Waals surface area contributed by atoms with E-state index in [0.717, 1.165) is 21.9 Å². The SMILES string of the molecule is N#Cc1ccc2c(c1)oc1ccccc12. The third-order valence-electron chi connectivity index (χ3n) is 2.51. The van der Waals surface area contributed by atoms with E-state index in [4.69, 9.17) is 9.68 Å². The monoisotopic (exact) mass is 193 g/mol. The van der Waals surface area contributed by atoms with Crippen LogP contribution in [0.5, 0.6) is 0 Å². The predicted octanol–water partition coefficient (Wildman–Crippen LogP) is 3.46. The fourth-order valence-electron chi connectivity index (χ4n) is 1.80. The Morgan fingerprint density at radius 1 is 0.933 bits per heavy atom. The highest BCUT2D eigenvalue weighted by molar-refractivity contribution is 6.04. The van der Waals surface area contributed by atoms with Crippen LogP contribution in [0.3, 0.4) is 0 Å². The Morgan fingerprint density at radius 3 is 2.60 bits per heavy atom. The van der Waals surface area contributed by atoms with Crippen molar-refractivity contribution in [1.82, 2.24) is 0 Å². The summed E-state index contributed by atoms with van der Waals surface area (Å²) < 4.78 is 5.64. The van der Waals surface area contributed by atoms with Crippen LogP contribution < -0.4 is 0 Å². The number of fused-ring (bicyclic) bond motifs is 3. The maximum absolute atomic E-state index is 8.78. The molecule has 0 fully saturated rings. The maximum atomic E-state index is 8.78. The first-order valence-corrected chi connectivity index (χ1v) is 4.70. The minimum absolute atomic E-state index is 0.626. The molecular formula is C13H7NO. The number of nitriles is 1. The van der Waals surface area contributed by atoms with Crippen molar-refractivity contribution in [2.24, 2.45) is 0 Å². The van der Waals surface area contributed by atoms with Gasteiger partial charge >= 0.3 is 0 Å². The minimum Gasteiger partial charge on any atom is -0.456 e. The lowest BCUT2D eigenvalue weighted by Gasteiger charge is -1.88. The van der Waals surface area contributed by atoms with E-state index < -0.39 is 0 Å². The second-order valence-corrected chi connectivity index (χ2v) is 3.42. The zero-order valence-electron chi connectivity index (χ0n) is 7.90. The average molecular weight is 193 g/mol. The predicted molar refractivity (Wildman–Crippen MR) is 58.4 cm³/mol. The molecule has 0 aliphatic carbocycles. The molecule has 2 heteroatoms. The van der Waals surface area contributed by atoms with Crippen LogP contribution in [0.25, 0.3) is 21.9 Å². The molecule has 0 saturated carbocycles. The molecule has 0 aliphatic rings. The van der Waals surface area contributed by atoms with Crippen molar-refractivity contribution < 1.29 is 4.42 Å². The molecule has 0 bridgehead atoms. The molecule has 1 aromatic heterocycles. The van der Waals surface area contributed by atoms with E-state index in [1.807, 2.05) is 36.4 Å². The topological polar surface area (TPSA) is 36.9 Å². The Labute approximate surface area is 86.3 Å². The Bertz CT molecular complexity index is 688. The number of rotatable bonds is 0. The van der Waals surface area contributed by atoms with Crippen LogP contribution in [0, 0.1) is 11.3 Å². The molecule has 1 heterocycles. The molecule has 3 aromatic rings. The molecule has 0 saturated heterocycles. The molecule has 0 amide bonds. The smallest absolute Gasteiger partial charge is 0.136 e. The molecule has 0 unspecified atom stereocenters. The van der Waals surface area contributed by atoms with E-state index in [0.29, 0.717) is 5.56 Å². The molecule has 0 radical (unpaired) electrons. The lowest BCUT2D eigenvalue weighted by Crippen LogP contribution is -1.71. The summed E-state index contributed by atoms with van der Waals surface area (Å²) in [5, 5.41) is 10.9. The second-order valence-electron chi connectivity index (χ2n) is 3.42. The highest BCUT2D eigenvalue weighted by Crippen LogP contribution is 2.28. The fourth-order valence-corrected chi connectivity index (χ4v) is 1.80. The Morgan fingerprint density at radius 2 is 1.73 bits per heavy atom. The van der Waals surface area contributed by atoms with Crippen LogP contribution in [0.4, 0.5) is 0 Å². The van der Waals surface area contributed by atoms with Gasteiger partial charge in [-0.25, -0.2) is 0 Å². The third kappa shape index (κ3) is 1.10. The molecule has 3 rings (SSSR count). The van der Waals surface area contributed by atoms with Crippen LogP contribution in [0.15, 0.2) is 46.9 Å². The summed E-state index contributed by atoms with van der Waals surface area (Å²) in [7, 11) is 0. The van der Waals surface area contributed by atoms with Gasteiger partial charge in [-0.15, -0.1) is 0 Å². The lowest BCUT2D eigenvalue weighted by atomic mass is 10.1. The zero-order chi connectivity index (χ0) is 10.3. The number of para-hydroxylation sites is 1. The minimum atomic E-state index is 0.626. The van der Waals surface area contributed by atoms with Crippen molar-refractivity contribution >= 4 is 21.9 Å². The fraction of sp³-hybridized carbons (Fsp3) is 0. The zero-order valence-corrected chi connectivity index (χ0v) is 7.90. The molecule has 0 atom stereocenters. The largest absolute Gasteiger partial charge is 0.456 e. The van der Waals surface area contributed by atoms with Gasteiger partial charge in [0.1, 0.15) is 11.2 Å². The van der Waals surface area contributed by atoms with Gasteiger partial charge in [-0.2, -0.15) is 5.26 Å². The normalized spacial score (nSPS) is 10.6. The van der Waals surface area contributed by atoms with Crippen molar-refractivity contribution in [2.75, 3.05) is 0 Å². The summed E-state index contributed by atoms with van der Waals surface area (Å²) >= 11 is 0. The van der Waals surface area contributed by atoms with Crippen molar-refractivity contribution in [3.8, 4) is 6.07 Å². The van der Waals surface area contributed by atoms with Gasteiger partial charge in [0.2, 0.25) is 0 Å². The van der Waals surface area contributed by atoms with E-state index in [9.17, 15) is 0 Å². The number of nitrogens with zero attached hydrogens (tertiary/aromatic N) is 1. The average Bonchev–Trinajstić information content (AvgIpc) is 2.66. The Balaban J connectivity index is 2.50. The molecule has 0 N–H and O–H groups in total.